The minimum atomic E-state index is -2.93. The van der Waals surface area contributed by atoms with Gasteiger partial charge in [0.05, 0.1) is 18.2 Å². The number of amides is 1. The first-order valence-corrected chi connectivity index (χ1v) is 10.1. The van der Waals surface area contributed by atoms with Gasteiger partial charge in [-0.3, -0.25) is 14.6 Å². The van der Waals surface area contributed by atoms with Crippen molar-refractivity contribution in [2.24, 2.45) is 0 Å². The molecule has 4 rings (SSSR count). The first-order valence-electron chi connectivity index (χ1n) is 10.1. The lowest BCUT2D eigenvalue weighted by Crippen LogP contribution is -2.53. The van der Waals surface area contributed by atoms with Crippen LogP contribution in [0.2, 0.25) is 0 Å². The van der Waals surface area contributed by atoms with Crippen LogP contribution in [-0.2, 0) is 11.3 Å². The number of carbonyl (C=O) groups is 1. The van der Waals surface area contributed by atoms with Gasteiger partial charge >= 0.3 is 6.61 Å². The molecule has 0 spiro atoms. The first kappa shape index (κ1) is 20.7. The average Bonchev–Trinajstić information content (AvgIpc) is 3.43. The fourth-order valence-corrected chi connectivity index (χ4v) is 3.49. The number of halogens is 2. The lowest BCUT2D eigenvalue weighted by molar-refractivity contribution is -0.126. The zero-order chi connectivity index (χ0) is 21.1. The van der Waals surface area contributed by atoms with Gasteiger partial charge in [0.2, 0.25) is 17.6 Å². The number of hydrogen-bond acceptors (Lipinski definition) is 7. The van der Waals surface area contributed by atoms with E-state index >= 15 is 0 Å². The molecule has 1 amide bonds. The number of para-hydroxylation sites is 1. The largest absolute Gasteiger partial charge is 0.434 e. The maximum atomic E-state index is 12.6. The molecule has 1 aliphatic heterocycles. The second-order valence-electron chi connectivity index (χ2n) is 7.66. The lowest BCUT2D eigenvalue weighted by Gasteiger charge is -2.36. The third kappa shape index (κ3) is 5.11. The van der Waals surface area contributed by atoms with E-state index in [2.05, 4.69) is 30.0 Å². The van der Waals surface area contributed by atoms with Gasteiger partial charge in [0.1, 0.15) is 5.75 Å². The quantitative estimate of drug-likeness (QED) is 0.699. The van der Waals surface area contributed by atoms with Gasteiger partial charge in [-0.1, -0.05) is 17.3 Å². The summed E-state index contributed by atoms with van der Waals surface area (Å²) >= 11 is 0. The van der Waals surface area contributed by atoms with E-state index in [4.69, 9.17) is 4.52 Å². The number of benzene rings is 1. The van der Waals surface area contributed by atoms with Crippen LogP contribution in [0.3, 0.4) is 0 Å². The molecule has 1 aliphatic carbocycles. The van der Waals surface area contributed by atoms with Gasteiger partial charge in [0.25, 0.3) is 0 Å². The lowest BCUT2D eigenvalue weighted by atomic mass is 10.2. The Morgan fingerprint density at radius 1 is 1.27 bits per heavy atom. The Morgan fingerprint density at radius 2 is 2.00 bits per heavy atom. The number of aromatic nitrogens is 2. The molecule has 1 saturated heterocycles. The van der Waals surface area contributed by atoms with Gasteiger partial charge < -0.3 is 14.6 Å². The van der Waals surface area contributed by atoms with E-state index in [1.54, 1.807) is 18.2 Å². The van der Waals surface area contributed by atoms with Gasteiger partial charge in [0.15, 0.2) is 0 Å². The smallest absolute Gasteiger partial charge is 0.387 e. The molecule has 0 radical (unpaired) electrons. The van der Waals surface area contributed by atoms with Crippen LogP contribution < -0.4 is 10.1 Å². The number of nitrogens with zero attached hydrogens (tertiary/aromatic N) is 4. The zero-order valence-electron chi connectivity index (χ0n) is 16.8. The molecule has 30 heavy (non-hydrogen) atoms. The van der Waals surface area contributed by atoms with Crippen LogP contribution in [-0.4, -0.2) is 70.7 Å². The van der Waals surface area contributed by atoms with Crippen molar-refractivity contribution in [3.05, 3.63) is 30.2 Å². The fraction of sp³-hybridized carbons (Fsp3) is 0.550. The summed E-state index contributed by atoms with van der Waals surface area (Å²) in [6.07, 6.45) is 2.16. The maximum absolute atomic E-state index is 12.6. The Kier molecular flexibility index (Phi) is 6.24. The molecule has 8 nitrogen and oxygen atoms in total. The number of alkyl halides is 2. The van der Waals surface area contributed by atoms with E-state index in [1.807, 2.05) is 6.92 Å². The Bertz CT molecular complexity index is 866. The summed E-state index contributed by atoms with van der Waals surface area (Å²) in [5, 5.41) is 6.97. The van der Waals surface area contributed by atoms with Crippen molar-refractivity contribution in [2.75, 3.05) is 26.2 Å². The van der Waals surface area contributed by atoms with Crippen molar-refractivity contribution in [3.8, 4) is 17.1 Å². The zero-order valence-corrected chi connectivity index (χ0v) is 16.8. The Balaban J connectivity index is 1.31. The summed E-state index contributed by atoms with van der Waals surface area (Å²) in [6.45, 7) is 2.55. The molecular formula is C20H25F2N5O3. The number of piperazine rings is 1. The second-order valence-corrected chi connectivity index (χ2v) is 7.66. The second kappa shape index (κ2) is 9.05. The normalized spacial score (nSPS) is 19.1. The minimum Gasteiger partial charge on any atom is -0.434 e. The van der Waals surface area contributed by atoms with Crippen molar-refractivity contribution in [3.63, 3.8) is 0 Å². The van der Waals surface area contributed by atoms with Crippen molar-refractivity contribution in [2.45, 2.75) is 45.0 Å². The van der Waals surface area contributed by atoms with E-state index in [-0.39, 0.29) is 23.5 Å². The Morgan fingerprint density at radius 3 is 2.70 bits per heavy atom. The highest BCUT2D eigenvalue weighted by Gasteiger charge is 2.30. The van der Waals surface area contributed by atoms with Crippen LogP contribution in [0.1, 0.15) is 25.7 Å². The van der Waals surface area contributed by atoms with Crippen molar-refractivity contribution in [1.29, 1.82) is 0 Å². The molecule has 1 aromatic heterocycles. The molecule has 1 N–H and O–H groups in total. The van der Waals surface area contributed by atoms with E-state index in [0.29, 0.717) is 24.0 Å². The third-order valence-corrected chi connectivity index (χ3v) is 5.43. The molecule has 1 aromatic carbocycles. The summed E-state index contributed by atoms with van der Waals surface area (Å²) in [4.78, 5) is 20.9. The predicted octanol–water partition coefficient (Wildman–Crippen LogP) is 2.12. The summed E-state index contributed by atoms with van der Waals surface area (Å²) in [5.41, 5.74) is 0.355. The van der Waals surface area contributed by atoms with E-state index in [0.717, 1.165) is 39.0 Å². The summed E-state index contributed by atoms with van der Waals surface area (Å²) in [6, 6.07) is 6.58. The third-order valence-electron chi connectivity index (χ3n) is 5.43. The molecule has 2 aliphatic rings. The van der Waals surface area contributed by atoms with Gasteiger partial charge in [-0.05, 0) is 31.9 Å². The number of carbonyl (C=O) groups excluding carboxylic acids is 1. The van der Waals surface area contributed by atoms with Crippen molar-refractivity contribution in [1.82, 2.24) is 25.3 Å². The highest BCUT2D eigenvalue weighted by atomic mass is 19.3. The van der Waals surface area contributed by atoms with Gasteiger partial charge in [0, 0.05) is 32.2 Å². The monoisotopic (exact) mass is 421 g/mol. The number of rotatable bonds is 8. The van der Waals surface area contributed by atoms with Crippen LogP contribution in [0.25, 0.3) is 11.4 Å². The van der Waals surface area contributed by atoms with Crippen LogP contribution in [0, 0.1) is 0 Å². The van der Waals surface area contributed by atoms with Crippen LogP contribution in [0.5, 0.6) is 5.75 Å². The predicted molar refractivity (Wildman–Crippen MR) is 104 cm³/mol. The van der Waals surface area contributed by atoms with Crippen molar-refractivity contribution >= 4 is 5.91 Å². The SMILES string of the molecule is CC(C(=O)NC1CC1)N1CCN(Cc2nc(-c3ccccc3OC(F)F)no2)CC1. The first-order chi connectivity index (χ1) is 14.5. The molecule has 2 heterocycles. The number of hydrogen-bond donors (Lipinski definition) is 1. The van der Waals surface area contributed by atoms with Crippen LogP contribution in [0.15, 0.2) is 28.8 Å². The number of ether oxygens (including phenoxy) is 1. The molecule has 1 atom stereocenters. The Hall–Kier alpha value is -2.59. The van der Waals surface area contributed by atoms with Gasteiger partial charge in [-0.2, -0.15) is 13.8 Å². The van der Waals surface area contributed by atoms with Gasteiger partial charge in [-0.25, -0.2) is 0 Å². The van der Waals surface area contributed by atoms with Crippen molar-refractivity contribution < 1.29 is 22.8 Å². The van der Waals surface area contributed by atoms with E-state index < -0.39 is 6.61 Å². The molecule has 1 saturated carbocycles. The average molecular weight is 421 g/mol. The summed E-state index contributed by atoms with van der Waals surface area (Å²) in [5.74, 6) is 0.721. The molecular weight excluding hydrogens is 396 g/mol. The maximum Gasteiger partial charge on any atom is 0.387 e. The highest BCUT2D eigenvalue weighted by Crippen LogP contribution is 2.29. The van der Waals surface area contributed by atoms with Gasteiger partial charge in [-0.15, -0.1) is 0 Å². The summed E-state index contributed by atoms with van der Waals surface area (Å²) < 4.78 is 35.1. The number of nitrogens with one attached hydrogen (secondary N) is 1. The Labute approximate surface area is 173 Å². The molecule has 0 bridgehead atoms. The van der Waals surface area contributed by atoms with E-state index in [9.17, 15) is 13.6 Å². The van der Waals surface area contributed by atoms with E-state index in [1.165, 1.54) is 6.07 Å². The molecule has 10 heteroatoms. The standard InChI is InChI=1S/C20H25F2N5O3/c1-13(19(28)23-14-6-7-14)27-10-8-26(9-11-27)12-17-24-18(25-30-17)15-4-2-3-5-16(15)29-20(21)22/h2-5,13-14,20H,6-12H2,1H3,(H,23,28). The molecule has 1 unspecified atom stereocenters. The highest BCUT2D eigenvalue weighted by molar-refractivity contribution is 5.81. The van der Waals surface area contributed by atoms with Crippen LogP contribution >= 0.6 is 0 Å². The molecule has 162 valence electrons. The fourth-order valence-electron chi connectivity index (χ4n) is 3.49. The molecule has 2 aromatic rings. The molecule has 2 fully saturated rings. The minimum absolute atomic E-state index is 0.00641. The van der Waals surface area contributed by atoms with Crippen LogP contribution in [0.4, 0.5) is 8.78 Å². The summed E-state index contributed by atoms with van der Waals surface area (Å²) in [7, 11) is 0. The topological polar surface area (TPSA) is 83.7 Å².